The second kappa shape index (κ2) is 4.66. The smallest absolute Gasteiger partial charge is 0.340 e. The molecule has 0 aromatic heterocycles. The fraction of sp³-hybridized carbons (Fsp3) is 0.462. The van der Waals surface area contributed by atoms with Crippen molar-refractivity contribution in [2.24, 2.45) is 5.92 Å². The highest BCUT2D eigenvalue weighted by atomic mass is 16.4. The maximum atomic E-state index is 10.8. The van der Waals surface area contributed by atoms with E-state index in [9.17, 15) is 9.90 Å². The maximum Gasteiger partial charge on any atom is 0.340 e. The van der Waals surface area contributed by atoms with E-state index in [-0.39, 0.29) is 0 Å². The van der Waals surface area contributed by atoms with Gasteiger partial charge < -0.3 is 10.2 Å². The van der Waals surface area contributed by atoms with Crippen LogP contribution in [0.2, 0.25) is 0 Å². The van der Waals surface area contributed by atoms with Gasteiger partial charge in [-0.05, 0) is 30.4 Å². The van der Waals surface area contributed by atoms with Crippen molar-refractivity contribution in [3.8, 4) is 0 Å². The van der Waals surface area contributed by atoms with Gasteiger partial charge in [0.05, 0.1) is 0 Å². The van der Waals surface area contributed by atoms with E-state index in [1.54, 1.807) is 12.1 Å². The van der Waals surface area contributed by atoms with Crippen LogP contribution in [0.4, 0.5) is 0 Å². The Kier molecular flexibility index (Phi) is 3.70. The van der Waals surface area contributed by atoms with Crippen LogP contribution in [0.3, 0.4) is 0 Å². The molecule has 3 heteroatoms. The summed E-state index contributed by atoms with van der Waals surface area (Å²) >= 11 is 0. The molecule has 16 heavy (non-hydrogen) atoms. The molecule has 88 valence electrons. The highest BCUT2D eigenvalue weighted by Crippen LogP contribution is 2.21. The minimum atomic E-state index is -1.81. The molecule has 0 heterocycles. The zero-order chi connectivity index (χ0) is 12.3. The normalized spacial score (nSPS) is 14.8. The predicted molar refractivity (Wildman–Crippen MR) is 62.2 cm³/mol. The number of hydrogen-bond acceptors (Lipinski definition) is 2. The summed E-state index contributed by atoms with van der Waals surface area (Å²) in [4.78, 5) is 10.8. The van der Waals surface area contributed by atoms with Crippen molar-refractivity contribution in [3.05, 3.63) is 35.4 Å². The fourth-order valence-electron chi connectivity index (χ4n) is 1.56. The van der Waals surface area contributed by atoms with E-state index in [0.29, 0.717) is 11.5 Å². The molecular formula is C13H18O3. The van der Waals surface area contributed by atoms with Gasteiger partial charge in [0.15, 0.2) is 5.60 Å². The van der Waals surface area contributed by atoms with E-state index in [1.807, 2.05) is 12.1 Å². The number of rotatable bonds is 4. The molecule has 0 bridgehead atoms. The molecule has 0 aliphatic rings. The number of carbonyl (C=O) groups is 1. The van der Waals surface area contributed by atoms with Gasteiger partial charge >= 0.3 is 5.97 Å². The highest BCUT2D eigenvalue weighted by Gasteiger charge is 2.31. The molecule has 0 aliphatic carbocycles. The number of carboxylic acid groups (broad SMARTS) is 1. The fourth-order valence-corrected chi connectivity index (χ4v) is 1.56. The first-order valence-electron chi connectivity index (χ1n) is 5.39. The molecule has 1 atom stereocenters. The summed E-state index contributed by atoms with van der Waals surface area (Å²) in [6.45, 7) is 5.54. The molecular weight excluding hydrogens is 204 g/mol. The standard InChI is InChI=1S/C13H18O3/c1-9(2)8-10-4-6-11(7-5-10)13(3,16)12(14)15/h4-7,9,16H,8H2,1-3H3,(H,14,15)/t13-/m1/s1. The lowest BCUT2D eigenvalue weighted by Crippen LogP contribution is -2.31. The summed E-state index contributed by atoms with van der Waals surface area (Å²) in [6, 6.07) is 7.08. The molecule has 0 unspecified atom stereocenters. The summed E-state index contributed by atoms with van der Waals surface area (Å²) in [6.07, 6.45) is 0.954. The summed E-state index contributed by atoms with van der Waals surface area (Å²) < 4.78 is 0. The molecule has 0 saturated carbocycles. The molecule has 0 radical (unpaired) electrons. The summed E-state index contributed by atoms with van der Waals surface area (Å²) in [7, 11) is 0. The molecule has 2 N–H and O–H groups in total. The van der Waals surface area contributed by atoms with Crippen molar-refractivity contribution in [2.45, 2.75) is 32.8 Å². The molecule has 0 amide bonds. The Hall–Kier alpha value is -1.35. The van der Waals surface area contributed by atoms with Crippen molar-refractivity contribution >= 4 is 5.97 Å². The van der Waals surface area contributed by atoms with E-state index in [0.717, 1.165) is 12.0 Å². The third-order valence-corrected chi connectivity index (χ3v) is 2.58. The van der Waals surface area contributed by atoms with Crippen LogP contribution in [0.5, 0.6) is 0 Å². The van der Waals surface area contributed by atoms with Crippen LogP contribution in [0.1, 0.15) is 31.9 Å². The summed E-state index contributed by atoms with van der Waals surface area (Å²) in [5.41, 5.74) is -0.247. The van der Waals surface area contributed by atoms with E-state index in [4.69, 9.17) is 5.11 Å². The van der Waals surface area contributed by atoms with E-state index in [2.05, 4.69) is 13.8 Å². The minimum absolute atomic E-state index is 0.410. The van der Waals surface area contributed by atoms with Crippen LogP contribution in [0, 0.1) is 5.92 Å². The zero-order valence-corrected chi connectivity index (χ0v) is 9.90. The Balaban J connectivity index is 2.91. The third-order valence-electron chi connectivity index (χ3n) is 2.58. The summed E-state index contributed by atoms with van der Waals surface area (Å²) in [5.74, 6) is -0.671. The molecule has 0 aliphatic heterocycles. The number of benzene rings is 1. The molecule has 1 rings (SSSR count). The van der Waals surface area contributed by atoms with Gasteiger partial charge in [-0.2, -0.15) is 0 Å². The van der Waals surface area contributed by atoms with Gasteiger partial charge in [0, 0.05) is 0 Å². The average Bonchev–Trinajstić information content (AvgIpc) is 2.17. The molecule has 1 aromatic rings. The molecule has 0 spiro atoms. The Morgan fingerprint density at radius 1 is 1.31 bits per heavy atom. The molecule has 0 saturated heterocycles. The number of aliphatic carboxylic acids is 1. The van der Waals surface area contributed by atoms with Crippen molar-refractivity contribution in [1.82, 2.24) is 0 Å². The van der Waals surface area contributed by atoms with Gasteiger partial charge in [0.2, 0.25) is 0 Å². The molecule has 3 nitrogen and oxygen atoms in total. The van der Waals surface area contributed by atoms with E-state index >= 15 is 0 Å². The first-order chi connectivity index (χ1) is 7.34. The average molecular weight is 222 g/mol. The van der Waals surface area contributed by atoms with Crippen LogP contribution in [0.25, 0.3) is 0 Å². The number of hydrogen-bond donors (Lipinski definition) is 2. The van der Waals surface area contributed by atoms with Crippen molar-refractivity contribution in [1.29, 1.82) is 0 Å². The largest absolute Gasteiger partial charge is 0.479 e. The van der Waals surface area contributed by atoms with Crippen LogP contribution in [-0.2, 0) is 16.8 Å². The molecule has 0 fully saturated rings. The van der Waals surface area contributed by atoms with Crippen molar-refractivity contribution in [2.75, 3.05) is 0 Å². The Bertz CT molecular complexity index is 363. The summed E-state index contributed by atoms with van der Waals surface area (Å²) in [5, 5.41) is 18.6. The van der Waals surface area contributed by atoms with E-state index < -0.39 is 11.6 Å². The van der Waals surface area contributed by atoms with Crippen molar-refractivity contribution < 1.29 is 15.0 Å². The second-order valence-corrected chi connectivity index (χ2v) is 4.67. The lowest BCUT2D eigenvalue weighted by Gasteiger charge is -2.18. The van der Waals surface area contributed by atoms with Gasteiger partial charge in [0.1, 0.15) is 0 Å². The topological polar surface area (TPSA) is 57.5 Å². The van der Waals surface area contributed by atoms with Gasteiger partial charge in [-0.25, -0.2) is 4.79 Å². The van der Waals surface area contributed by atoms with Gasteiger partial charge in [-0.1, -0.05) is 38.1 Å². The lowest BCUT2D eigenvalue weighted by molar-refractivity contribution is -0.157. The Labute approximate surface area is 95.7 Å². The predicted octanol–water partition coefficient (Wildman–Crippen LogP) is 2.18. The Morgan fingerprint density at radius 3 is 2.19 bits per heavy atom. The SMILES string of the molecule is CC(C)Cc1ccc([C@@](C)(O)C(=O)O)cc1. The second-order valence-electron chi connectivity index (χ2n) is 4.67. The van der Waals surface area contributed by atoms with Crippen LogP contribution in [-0.4, -0.2) is 16.2 Å². The van der Waals surface area contributed by atoms with Crippen LogP contribution < -0.4 is 0 Å². The molecule has 1 aromatic carbocycles. The first-order valence-corrected chi connectivity index (χ1v) is 5.39. The maximum absolute atomic E-state index is 10.8. The highest BCUT2D eigenvalue weighted by molar-refractivity contribution is 5.78. The van der Waals surface area contributed by atoms with Gasteiger partial charge in [0.25, 0.3) is 0 Å². The third kappa shape index (κ3) is 2.83. The van der Waals surface area contributed by atoms with Crippen molar-refractivity contribution in [3.63, 3.8) is 0 Å². The lowest BCUT2D eigenvalue weighted by atomic mass is 9.93. The zero-order valence-electron chi connectivity index (χ0n) is 9.90. The van der Waals surface area contributed by atoms with Gasteiger partial charge in [-0.3, -0.25) is 0 Å². The van der Waals surface area contributed by atoms with Crippen LogP contribution in [0.15, 0.2) is 24.3 Å². The van der Waals surface area contributed by atoms with Gasteiger partial charge in [-0.15, -0.1) is 0 Å². The van der Waals surface area contributed by atoms with E-state index in [1.165, 1.54) is 6.92 Å². The monoisotopic (exact) mass is 222 g/mol. The number of carboxylic acids is 1. The van der Waals surface area contributed by atoms with Crippen LogP contribution >= 0.6 is 0 Å². The minimum Gasteiger partial charge on any atom is -0.479 e. The Morgan fingerprint density at radius 2 is 1.81 bits per heavy atom. The number of aliphatic hydroxyl groups is 1. The first kappa shape index (κ1) is 12.7. The quantitative estimate of drug-likeness (QED) is 0.821.